The molecule has 0 unspecified atom stereocenters. The molecule has 0 aliphatic rings. The molecule has 0 aliphatic heterocycles. The van der Waals surface area contributed by atoms with Crippen LogP contribution in [0, 0.1) is 11.6 Å². The molecule has 6 nitrogen and oxygen atoms in total. The number of rotatable bonds is 9. The van der Waals surface area contributed by atoms with Crippen LogP contribution in [-0.2, 0) is 14.6 Å². The van der Waals surface area contributed by atoms with E-state index in [1.807, 2.05) is 19.0 Å². The maximum absolute atomic E-state index is 14.0. The average molecular weight is 504 g/mol. The van der Waals surface area contributed by atoms with Gasteiger partial charge in [0.05, 0.1) is 15.3 Å². The zero-order chi connectivity index (χ0) is 22.6. The number of fused-ring (bicyclic) bond motifs is 1. The lowest BCUT2D eigenvalue weighted by Crippen LogP contribution is -2.36. The highest BCUT2D eigenvalue weighted by Gasteiger charge is 2.22. The molecule has 0 atom stereocenters. The molecular formula is C21H24ClF2N3O3S2. The van der Waals surface area contributed by atoms with E-state index >= 15 is 0 Å². The van der Waals surface area contributed by atoms with Crippen molar-refractivity contribution < 1.29 is 22.0 Å². The van der Waals surface area contributed by atoms with Crippen molar-refractivity contribution >= 4 is 54.8 Å². The molecule has 0 N–H and O–H groups in total. The molecule has 0 spiro atoms. The maximum Gasteiger partial charge on any atom is 0.228 e. The van der Waals surface area contributed by atoms with Gasteiger partial charge in [-0.15, -0.1) is 12.4 Å². The number of nitrogens with zero attached hydrogens (tertiary/aromatic N) is 3. The summed E-state index contributed by atoms with van der Waals surface area (Å²) in [6.45, 7) is 0.913. The number of carbonyl (C=O) groups is 1. The molecule has 0 bridgehead atoms. The Morgan fingerprint density at radius 1 is 1.06 bits per heavy atom. The lowest BCUT2D eigenvalue weighted by atomic mass is 10.3. The number of para-hydroxylation sites is 1. The monoisotopic (exact) mass is 503 g/mol. The van der Waals surface area contributed by atoms with Gasteiger partial charge in [0.1, 0.15) is 17.2 Å². The highest BCUT2D eigenvalue weighted by atomic mass is 35.5. The highest BCUT2D eigenvalue weighted by Crippen LogP contribution is 2.30. The second-order valence-corrected chi connectivity index (χ2v) is 10.4. The smallest absolute Gasteiger partial charge is 0.228 e. The first kappa shape index (κ1) is 26.1. The van der Waals surface area contributed by atoms with E-state index in [1.54, 1.807) is 12.1 Å². The second kappa shape index (κ2) is 11.1. The SMILES string of the molecule is CN(C)CCN(C(=O)CCCS(=O)(=O)c1ccc(F)cc1)c1nc2c(F)cccc2s1.Cl. The summed E-state index contributed by atoms with van der Waals surface area (Å²) in [5.74, 6) is -1.49. The summed E-state index contributed by atoms with van der Waals surface area (Å²) >= 11 is 1.22. The topological polar surface area (TPSA) is 70.6 Å². The number of aromatic nitrogens is 1. The van der Waals surface area contributed by atoms with Crippen LogP contribution in [-0.4, -0.2) is 57.1 Å². The summed E-state index contributed by atoms with van der Waals surface area (Å²) in [5, 5.41) is 0.383. The van der Waals surface area contributed by atoms with Gasteiger partial charge in [-0.2, -0.15) is 0 Å². The van der Waals surface area contributed by atoms with Gasteiger partial charge in [0, 0.05) is 19.5 Å². The Morgan fingerprint density at radius 3 is 2.38 bits per heavy atom. The second-order valence-electron chi connectivity index (χ2n) is 7.31. The Hall–Kier alpha value is -2.14. The fraction of sp³-hybridized carbons (Fsp3) is 0.333. The van der Waals surface area contributed by atoms with Crippen LogP contribution in [0.3, 0.4) is 0 Å². The summed E-state index contributed by atoms with van der Waals surface area (Å²) in [7, 11) is 0.119. The van der Waals surface area contributed by atoms with Gasteiger partial charge in [-0.05, 0) is 56.9 Å². The third-order valence-corrected chi connectivity index (χ3v) is 7.50. The third-order valence-electron chi connectivity index (χ3n) is 4.64. The van der Waals surface area contributed by atoms with Crippen LogP contribution in [0.15, 0.2) is 47.4 Å². The van der Waals surface area contributed by atoms with Crippen molar-refractivity contribution in [2.75, 3.05) is 37.8 Å². The summed E-state index contributed by atoms with van der Waals surface area (Å²) in [6, 6.07) is 9.26. The predicted octanol–water partition coefficient (Wildman–Crippen LogP) is 4.15. The van der Waals surface area contributed by atoms with Crippen molar-refractivity contribution in [1.29, 1.82) is 0 Å². The quantitative estimate of drug-likeness (QED) is 0.410. The molecular weight excluding hydrogens is 480 g/mol. The summed E-state index contributed by atoms with van der Waals surface area (Å²) in [4.78, 5) is 20.6. The number of thiazole rings is 1. The van der Waals surface area contributed by atoms with Crippen LogP contribution in [0.4, 0.5) is 13.9 Å². The van der Waals surface area contributed by atoms with Gasteiger partial charge in [-0.3, -0.25) is 9.69 Å². The summed E-state index contributed by atoms with van der Waals surface area (Å²) in [6.07, 6.45) is 0.0997. The van der Waals surface area contributed by atoms with E-state index < -0.39 is 21.5 Å². The maximum atomic E-state index is 14.0. The Morgan fingerprint density at radius 2 is 1.75 bits per heavy atom. The van der Waals surface area contributed by atoms with Gasteiger partial charge < -0.3 is 4.90 Å². The van der Waals surface area contributed by atoms with Crippen molar-refractivity contribution in [3.63, 3.8) is 0 Å². The summed E-state index contributed by atoms with van der Waals surface area (Å²) in [5.41, 5.74) is 0.212. The molecule has 3 rings (SSSR count). The van der Waals surface area contributed by atoms with E-state index in [0.29, 0.717) is 22.9 Å². The molecule has 1 heterocycles. The fourth-order valence-corrected chi connectivity index (χ4v) is 5.29. The van der Waals surface area contributed by atoms with Crippen molar-refractivity contribution in [3.8, 4) is 0 Å². The number of hydrogen-bond acceptors (Lipinski definition) is 6. The van der Waals surface area contributed by atoms with Gasteiger partial charge in [-0.1, -0.05) is 17.4 Å². The normalized spacial score (nSPS) is 11.5. The number of benzene rings is 2. The average Bonchev–Trinajstić information content (AvgIpc) is 3.13. The number of hydrogen-bond donors (Lipinski definition) is 0. The molecule has 0 saturated carbocycles. The zero-order valence-corrected chi connectivity index (χ0v) is 20.1. The van der Waals surface area contributed by atoms with Crippen LogP contribution < -0.4 is 4.90 Å². The van der Waals surface area contributed by atoms with Gasteiger partial charge in [0.25, 0.3) is 0 Å². The Kier molecular flexibility index (Phi) is 9.08. The molecule has 0 radical (unpaired) electrons. The lowest BCUT2D eigenvalue weighted by molar-refractivity contribution is -0.118. The minimum atomic E-state index is -3.62. The summed E-state index contributed by atoms with van der Waals surface area (Å²) < 4.78 is 52.6. The molecule has 1 aromatic heterocycles. The molecule has 32 heavy (non-hydrogen) atoms. The highest BCUT2D eigenvalue weighted by molar-refractivity contribution is 7.91. The minimum absolute atomic E-state index is 0. The van der Waals surface area contributed by atoms with Crippen LogP contribution in [0.1, 0.15) is 12.8 Å². The van der Waals surface area contributed by atoms with Crippen molar-refractivity contribution in [2.24, 2.45) is 0 Å². The number of anilines is 1. The first-order valence-electron chi connectivity index (χ1n) is 9.66. The van der Waals surface area contributed by atoms with Gasteiger partial charge in [0.15, 0.2) is 15.0 Å². The standard InChI is InChI=1S/C21H23F2N3O3S2.ClH/c1-25(2)12-13-26(21-24-20-17(23)5-3-6-18(20)30-21)19(27)7-4-14-31(28,29)16-10-8-15(22)9-11-16;/h3,5-6,8-11H,4,7,12-14H2,1-2H3;1H. The van der Waals surface area contributed by atoms with Gasteiger partial charge in [-0.25, -0.2) is 22.2 Å². The number of carbonyl (C=O) groups excluding carboxylic acids is 1. The van der Waals surface area contributed by atoms with Crippen molar-refractivity contribution in [2.45, 2.75) is 17.7 Å². The van der Waals surface area contributed by atoms with E-state index in [4.69, 9.17) is 0 Å². The fourth-order valence-electron chi connectivity index (χ4n) is 2.95. The van der Waals surface area contributed by atoms with Gasteiger partial charge in [0.2, 0.25) is 5.91 Å². The molecule has 3 aromatic rings. The van der Waals surface area contributed by atoms with Crippen LogP contribution in [0.5, 0.6) is 0 Å². The molecule has 0 aliphatic carbocycles. The number of halogens is 3. The van der Waals surface area contributed by atoms with Crippen molar-refractivity contribution in [3.05, 3.63) is 54.1 Å². The molecule has 2 aromatic carbocycles. The molecule has 174 valence electrons. The third kappa shape index (κ3) is 6.44. The van der Waals surface area contributed by atoms with Crippen LogP contribution in [0.25, 0.3) is 10.2 Å². The predicted molar refractivity (Wildman–Crippen MR) is 125 cm³/mol. The van der Waals surface area contributed by atoms with E-state index in [-0.39, 0.29) is 47.3 Å². The lowest BCUT2D eigenvalue weighted by Gasteiger charge is -2.22. The molecule has 11 heteroatoms. The molecule has 0 fully saturated rings. The molecule has 0 saturated heterocycles. The molecule has 1 amide bonds. The first-order valence-corrected chi connectivity index (χ1v) is 12.1. The largest absolute Gasteiger partial charge is 0.308 e. The van der Waals surface area contributed by atoms with E-state index in [1.165, 1.54) is 34.4 Å². The minimum Gasteiger partial charge on any atom is -0.308 e. The Labute approximate surface area is 196 Å². The number of likely N-dealkylation sites (N-methyl/N-ethyl adjacent to an activating group) is 1. The number of sulfone groups is 1. The van der Waals surface area contributed by atoms with Crippen molar-refractivity contribution in [1.82, 2.24) is 9.88 Å². The Balaban J connectivity index is 0.00000363. The van der Waals surface area contributed by atoms with Crippen LogP contribution in [0.2, 0.25) is 0 Å². The van der Waals surface area contributed by atoms with E-state index in [9.17, 15) is 22.0 Å². The first-order chi connectivity index (χ1) is 14.7. The zero-order valence-electron chi connectivity index (χ0n) is 17.6. The number of amides is 1. The Bertz CT molecular complexity index is 1170. The van der Waals surface area contributed by atoms with E-state index in [0.717, 1.165) is 12.1 Å². The van der Waals surface area contributed by atoms with Gasteiger partial charge >= 0.3 is 0 Å². The van der Waals surface area contributed by atoms with Crippen LogP contribution >= 0.6 is 23.7 Å². The van der Waals surface area contributed by atoms with E-state index in [2.05, 4.69) is 4.98 Å².